The van der Waals surface area contributed by atoms with E-state index in [2.05, 4.69) is 15.9 Å². The van der Waals surface area contributed by atoms with Gasteiger partial charge in [-0.3, -0.25) is 4.79 Å². The number of carbonyl (C=O) groups excluding carboxylic acids is 1. The number of ketones is 1. The molecular weight excluding hydrogens is 284 g/mol. The Hall–Kier alpha value is -0.930. The molecule has 16 heavy (non-hydrogen) atoms. The topological polar surface area (TPSA) is 17.1 Å². The lowest BCUT2D eigenvalue weighted by molar-refractivity contribution is -0.117. The van der Waals surface area contributed by atoms with Gasteiger partial charge in [-0.1, -0.05) is 30.3 Å². The van der Waals surface area contributed by atoms with Crippen molar-refractivity contribution in [1.29, 1.82) is 0 Å². The minimum absolute atomic E-state index is 0.264. The van der Waals surface area contributed by atoms with Crippen LogP contribution in [0.2, 0.25) is 0 Å². The van der Waals surface area contributed by atoms with Gasteiger partial charge in [0, 0.05) is 27.6 Å². The first-order chi connectivity index (χ1) is 7.74. The molecule has 0 unspecified atom stereocenters. The van der Waals surface area contributed by atoms with Gasteiger partial charge in [-0.05, 0) is 27.6 Å². The molecule has 0 saturated carbocycles. The van der Waals surface area contributed by atoms with E-state index in [9.17, 15) is 4.79 Å². The van der Waals surface area contributed by atoms with Crippen molar-refractivity contribution in [3.8, 4) is 0 Å². The van der Waals surface area contributed by atoms with Crippen LogP contribution in [0.4, 0.5) is 0 Å². The van der Waals surface area contributed by atoms with Crippen molar-refractivity contribution in [3.05, 3.63) is 56.7 Å². The normalized spacial score (nSPS) is 10.3. The van der Waals surface area contributed by atoms with Gasteiger partial charge in [0.1, 0.15) is 5.78 Å². The molecule has 0 spiro atoms. The van der Waals surface area contributed by atoms with Crippen molar-refractivity contribution in [1.82, 2.24) is 0 Å². The highest BCUT2D eigenvalue weighted by Crippen LogP contribution is 2.20. The third kappa shape index (κ3) is 3.29. The molecule has 2 rings (SSSR count). The molecule has 2 aromatic rings. The lowest BCUT2D eigenvalue weighted by Crippen LogP contribution is -2.05. The first kappa shape index (κ1) is 11.6. The van der Waals surface area contributed by atoms with Crippen molar-refractivity contribution < 1.29 is 4.79 Å². The molecule has 0 aliphatic rings. The van der Waals surface area contributed by atoms with Gasteiger partial charge in [-0.2, -0.15) is 0 Å². The molecule has 3 heteroatoms. The minimum Gasteiger partial charge on any atom is -0.299 e. The predicted octanol–water partition coefficient (Wildman–Crippen LogP) is 3.86. The van der Waals surface area contributed by atoms with Crippen molar-refractivity contribution in [3.63, 3.8) is 0 Å². The van der Waals surface area contributed by atoms with Gasteiger partial charge in [0.15, 0.2) is 0 Å². The van der Waals surface area contributed by atoms with Crippen LogP contribution < -0.4 is 0 Å². The summed E-state index contributed by atoms with van der Waals surface area (Å²) in [5, 5.41) is 2.01. The predicted molar refractivity (Wildman–Crippen MR) is 70.9 cm³/mol. The second kappa shape index (κ2) is 5.41. The second-order valence-electron chi connectivity index (χ2n) is 3.61. The van der Waals surface area contributed by atoms with E-state index in [-0.39, 0.29) is 5.78 Å². The molecular formula is C13H11BrOS. The third-order valence-corrected chi connectivity index (χ3v) is 3.93. The quantitative estimate of drug-likeness (QED) is 0.837. The molecule has 1 aromatic heterocycles. The number of thiophene rings is 1. The maximum absolute atomic E-state index is 11.8. The molecule has 0 bridgehead atoms. The summed E-state index contributed by atoms with van der Waals surface area (Å²) in [5.41, 5.74) is 1.09. The summed E-state index contributed by atoms with van der Waals surface area (Å²) in [5.74, 6) is 0.264. The maximum atomic E-state index is 11.8. The van der Waals surface area contributed by atoms with Gasteiger partial charge in [0.05, 0.1) is 0 Å². The van der Waals surface area contributed by atoms with Crippen LogP contribution >= 0.6 is 27.3 Å². The number of hydrogen-bond donors (Lipinski definition) is 0. The highest BCUT2D eigenvalue weighted by Gasteiger charge is 2.06. The molecule has 1 heterocycles. The SMILES string of the molecule is O=C(Cc1ccccc1)Cc1cc(Br)cs1. The molecule has 0 radical (unpaired) electrons. The molecule has 0 aliphatic heterocycles. The van der Waals surface area contributed by atoms with Crippen molar-refractivity contribution in [2.45, 2.75) is 12.8 Å². The summed E-state index contributed by atoms with van der Waals surface area (Å²) in [6, 6.07) is 11.9. The standard InChI is InChI=1S/C13H11BrOS/c14-11-7-13(16-9-11)8-12(15)6-10-4-2-1-3-5-10/h1-5,7,9H,6,8H2. The van der Waals surface area contributed by atoms with Crippen LogP contribution in [0.5, 0.6) is 0 Å². The Balaban J connectivity index is 1.95. The molecule has 82 valence electrons. The van der Waals surface area contributed by atoms with E-state index < -0.39 is 0 Å². The summed E-state index contributed by atoms with van der Waals surface area (Å²) in [6.07, 6.45) is 1.06. The number of Topliss-reactive ketones (excluding diaryl/α,β-unsaturated/α-hetero) is 1. The number of carbonyl (C=O) groups is 1. The van der Waals surface area contributed by atoms with E-state index >= 15 is 0 Å². The Morgan fingerprint density at radius 3 is 2.56 bits per heavy atom. The lowest BCUT2D eigenvalue weighted by atomic mass is 10.1. The van der Waals surface area contributed by atoms with Gasteiger partial charge >= 0.3 is 0 Å². The average molecular weight is 295 g/mol. The van der Waals surface area contributed by atoms with E-state index in [1.807, 2.05) is 41.8 Å². The van der Waals surface area contributed by atoms with Gasteiger partial charge in [0.2, 0.25) is 0 Å². The average Bonchev–Trinajstić information content (AvgIpc) is 2.65. The van der Waals surface area contributed by atoms with Crippen LogP contribution in [-0.4, -0.2) is 5.78 Å². The molecule has 0 amide bonds. The molecule has 0 fully saturated rings. The monoisotopic (exact) mass is 294 g/mol. The van der Waals surface area contributed by atoms with Crippen LogP contribution in [0.3, 0.4) is 0 Å². The van der Waals surface area contributed by atoms with Crippen molar-refractivity contribution >= 4 is 33.0 Å². The van der Waals surface area contributed by atoms with Gasteiger partial charge in [0.25, 0.3) is 0 Å². The molecule has 0 N–H and O–H groups in total. The largest absolute Gasteiger partial charge is 0.299 e. The summed E-state index contributed by atoms with van der Waals surface area (Å²) in [4.78, 5) is 12.9. The van der Waals surface area contributed by atoms with Gasteiger partial charge in [-0.15, -0.1) is 11.3 Å². The van der Waals surface area contributed by atoms with Crippen molar-refractivity contribution in [2.24, 2.45) is 0 Å². The highest BCUT2D eigenvalue weighted by atomic mass is 79.9. The van der Waals surface area contributed by atoms with Crippen molar-refractivity contribution in [2.75, 3.05) is 0 Å². The Bertz CT molecular complexity index is 476. The minimum atomic E-state index is 0.264. The highest BCUT2D eigenvalue weighted by molar-refractivity contribution is 9.10. The fraction of sp³-hybridized carbons (Fsp3) is 0.154. The first-order valence-electron chi connectivity index (χ1n) is 5.02. The van der Waals surface area contributed by atoms with Gasteiger partial charge < -0.3 is 0 Å². The first-order valence-corrected chi connectivity index (χ1v) is 6.70. The van der Waals surface area contributed by atoms with E-state index in [0.717, 1.165) is 14.9 Å². The van der Waals surface area contributed by atoms with Gasteiger partial charge in [-0.25, -0.2) is 0 Å². The molecule has 1 nitrogen and oxygen atoms in total. The Kier molecular flexibility index (Phi) is 3.91. The summed E-state index contributed by atoms with van der Waals surface area (Å²) in [6.45, 7) is 0. The van der Waals surface area contributed by atoms with Crippen LogP contribution in [0, 0.1) is 0 Å². The number of rotatable bonds is 4. The third-order valence-electron chi connectivity index (χ3n) is 2.24. The Morgan fingerprint density at radius 1 is 1.19 bits per heavy atom. The molecule has 0 atom stereocenters. The molecule has 0 aliphatic carbocycles. The Labute approximate surface area is 107 Å². The molecule has 1 aromatic carbocycles. The van der Waals surface area contributed by atoms with E-state index in [1.54, 1.807) is 11.3 Å². The van der Waals surface area contributed by atoms with Crippen LogP contribution in [0.25, 0.3) is 0 Å². The van der Waals surface area contributed by atoms with Crippen LogP contribution in [0.15, 0.2) is 46.3 Å². The van der Waals surface area contributed by atoms with E-state index in [0.29, 0.717) is 12.8 Å². The lowest BCUT2D eigenvalue weighted by Gasteiger charge is -1.99. The van der Waals surface area contributed by atoms with E-state index in [4.69, 9.17) is 0 Å². The zero-order valence-electron chi connectivity index (χ0n) is 8.65. The fourth-order valence-corrected chi connectivity index (χ4v) is 3.01. The zero-order valence-corrected chi connectivity index (χ0v) is 11.1. The summed E-state index contributed by atoms with van der Waals surface area (Å²) < 4.78 is 1.06. The number of hydrogen-bond acceptors (Lipinski definition) is 2. The summed E-state index contributed by atoms with van der Waals surface area (Å²) in [7, 11) is 0. The second-order valence-corrected chi connectivity index (χ2v) is 5.52. The van der Waals surface area contributed by atoms with Crippen LogP contribution in [-0.2, 0) is 17.6 Å². The number of benzene rings is 1. The zero-order chi connectivity index (χ0) is 11.4. The van der Waals surface area contributed by atoms with E-state index in [1.165, 1.54) is 0 Å². The number of halogens is 1. The maximum Gasteiger partial charge on any atom is 0.142 e. The van der Waals surface area contributed by atoms with Crippen LogP contribution in [0.1, 0.15) is 10.4 Å². The molecule has 0 saturated heterocycles. The fourth-order valence-electron chi connectivity index (χ4n) is 1.53. The smallest absolute Gasteiger partial charge is 0.142 e. The Morgan fingerprint density at radius 2 is 1.94 bits per heavy atom. The summed E-state index contributed by atoms with van der Waals surface area (Å²) >= 11 is 5.01.